The average Bonchev–Trinajstić information content (AvgIpc) is 2.47. The van der Waals surface area contributed by atoms with E-state index in [0.717, 1.165) is 31.6 Å². The summed E-state index contributed by atoms with van der Waals surface area (Å²) in [7, 11) is 0. The summed E-state index contributed by atoms with van der Waals surface area (Å²) < 4.78 is 0. The first-order chi connectivity index (χ1) is 9.60. The number of nitrogens with one attached hydrogen (secondary N) is 1. The van der Waals surface area contributed by atoms with Crippen LogP contribution < -0.4 is 5.32 Å². The van der Waals surface area contributed by atoms with E-state index in [9.17, 15) is 4.79 Å². The van der Waals surface area contributed by atoms with E-state index in [-0.39, 0.29) is 6.03 Å². The number of anilines is 1. The van der Waals surface area contributed by atoms with Crippen molar-refractivity contribution >= 4 is 11.7 Å². The molecule has 1 aromatic rings. The second-order valence-electron chi connectivity index (χ2n) is 6.05. The van der Waals surface area contributed by atoms with E-state index in [4.69, 9.17) is 0 Å². The maximum absolute atomic E-state index is 12.2. The van der Waals surface area contributed by atoms with Gasteiger partial charge in [0.1, 0.15) is 0 Å². The minimum atomic E-state index is 0.0350. The Hall–Kier alpha value is -1.51. The van der Waals surface area contributed by atoms with Gasteiger partial charge in [0, 0.05) is 18.8 Å². The highest BCUT2D eigenvalue weighted by molar-refractivity contribution is 5.89. The molecule has 0 unspecified atom stereocenters. The molecule has 3 nitrogen and oxygen atoms in total. The summed E-state index contributed by atoms with van der Waals surface area (Å²) in [4.78, 5) is 14.1. The lowest BCUT2D eigenvalue weighted by Crippen LogP contribution is -2.41. The Balaban J connectivity index is 1.94. The van der Waals surface area contributed by atoms with Gasteiger partial charge in [-0.25, -0.2) is 4.79 Å². The molecule has 1 aliphatic heterocycles. The third kappa shape index (κ3) is 3.75. The van der Waals surface area contributed by atoms with Crippen LogP contribution in [0, 0.1) is 5.92 Å². The summed E-state index contributed by atoms with van der Waals surface area (Å²) >= 11 is 0. The lowest BCUT2D eigenvalue weighted by Gasteiger charge is -2.30. The van der Waals surface area contributed by atoms with Gasteiger partial charge >= 0.3 is 6.03 Å². The van der Waals surface area contributed by atoms with Crippen LogP contribution in [0.2, 0.25) is 0 Å². The van der Waals surface area contributed by atoms with Crippen LogP contribution in [0.25, 0.3) is 0 Å². The van der Waals surface area contributed by atoms with E-state index in [2.05, 4.69) is 38.2 Å². The van der Waals surface area contributed by atoms with Gasteiger partial charge in [0.15, 0.2) is 0 Å². The first-order valence-electron chi connectivity index (χ1n) is 7.76. The number of piperidine rings is 1. The Bertz CT molecular complexity index is 441. The van der Waals surface area contributed by atoms with Gasteiger partial charge in [-0.05, 0) is 48.8 Å². The average molecular weight is 274 g/mol. The molecule has 2 atom stereocenters. The number of hydrogen-bond donors (Lipinski definition) is 1. The third-order valence-electron chi connectivity index (χ3n) is 4.29. The van der Waals surface area contributed by atoms with Gasteiger partial charge < -0.3 is 10.2 Å². The summed E-state index contributed by atoms with van der Waals surface area (Å²) in [5.41, 5.74) is 2.22. The van der Waals surface area contributed by atoms with Gasteiger partial charge in [0.05, 0.1) is 0 Å². The molecule has 2 rings (SSSR count). The molecule has 1 aliphatic rings. The van der Waals surface area contributed by atoms with Crippen molar-refractivity contribution in [3.05, 3.63) is 29.8 Å². The lowest BCUT2D eigenvalue weighted by atomic mass is 9.98. The second-order valence-corrected chi connectivity index (χ2v) is 6.05. The Kier molecular flexibility index (Phi) is 5.05. The predicted molar refractivity (Wildman–Crippen MR) is 84.1 cm³/mol. The maximum Gasteiger partial charge on any atom is 0.321 e. The van der Waals surface area contributed by atoms with Crippen LogP contribution in [0.4, 0.5) is 10.5 Å². The Morgan fingerprint density at radius 2 is 2.10 bits per heavy atom. The number of amides is 2. The van der Waals surface area contributed by atoms with Crippen LogP contribution >= 0.6 is 0 Å². The van der Waals surface area contributed by atoms with E-state index in [1.54, 1.807) is 0 Å². The molecule has 1 heterocycles. The van der Waals surface area contributed by atoms with Gasteiger partial charge in [-0.2, -0.15) is 0 Å². The van der Waals surface area contributed by atoms with Crippen LogP contribution in [-0.2, 0) is 0 Å². The Morgan fingerprint density at radius 3 is 2.70 bits per heavy atom. The van der Waals surface area contributed by atoms with Crippen LogP contribution in [0.15, 0.2) is 24.3 Å². The summed E-state index contributed by atoms with van der Waals surface area (Å²) in [5, 5.41) is 3.00. The number of benzene rings is 1. The summed E-state index contributed by atoms with van der Waals surface area (Å²) in [5.74, 6) is 1.19. The fourth-order valence-corrected chi connectivity index (χ4v) is 2.71. The van der Waals surface area contributed by atoms with E-state index in [1.807, 2.05) is 17.0 Å². The third-order valence-corrected chi connectivity index (χ3v) is 4.29. The Labute approximate surface area is 122 Å². The molecule has 0 spiro atoms. The van der Waals surface area contributed by atoms with E-state index >= 15 is 0 Å². The van der Waals surface area contributed by atoms with Crippen LogP contribution in [0.5, 0.6) is 0 Å². The topological polar surface area (TPSA) is 32.3 Å². The minimum absolute atomic E-state index is 0.0350. The van der Waals surface area contributed by atoms with E-state index in [1.165, 1.54) is 12.0 Å². The number of nitrogens with zero attached hydrogens (tertiary/aromatic N) is 1. The van der Waals surface area contributed by atoms with Crippen molar-refractivity contribution in [1.82, 2.24) is 4.90 Å². The van der Waals surface area contributed by atoms with E-state index < -0.39 is 0 Å². The van der Waals surface area contributed by atoms with Gasteiger partial charge in [-0.1, -0.05) is 32.9 Å². The summed E-state index contributed by atoms with van der Waals surface area (Å²) in [6, 6.07) is 8.28. The standard InChI is InChI=1S/C17H26N2O/c1-4-14(3)15-7-9-16(10-8-15)18-17(20)19-11-5-6-13(2)12-19/h7-10,13-14H,4-6,11-12H2,1-3H3,(H,18,20)/t13-,14+/m0/s1. The van der Waals surface area contributed by atoms with Gasteiger partial charge in [0.2, 0.25) is 0 Å². The van der Waals surface area contributed by atoms with Crippen LogP contribution in [0.3, 0.4) is 0 Å². The summed E-state index contributed by atoms with van der Waals surface area (Å²) in [6.45, 7) is 8.37. The van der Waals surface area contributed by atoms with Crippen molar-refractivity contribution in [2.75, 3.05) is 18.4 Å². The monoisotopic (exact) mass is 274 g/mol. The zero-order chi connectivity index (χ0) is 14.5. The Morgan fingerprint density at radius 1 is 1.40 bits per heavy atom. The molecule has 1 saturated heterocycles. The lowest BCUT2D eigenvalue weighted by molar-refractivity contribution is 0.182. The SMILES string of the molecule is CC[C@@H](C)c1ccc(NC(=O)N2CCC[C@H](C)C2)cc1. The minimum Gasteiger partial charge on any atom is -0.324 e. The molecule has 2 amide bonds. The zero-order valence-electron chi connectivity index (χ0n) is 12.9. The normalized spacial score (nSPS) is 20.6. The molecule has 0 aliphatic carbocycles. The predicted octanol–water partition coefficient (Wildman–Crippen LogP) is 4.46. The van der Waals surface area contributed by atoms with Crippen molar-refractivity contribution in [3.63, 3.8) is 0 Å². The highest BCUT2D eigenvalue weighted by Crippen LogP contribution is 2.21. The van der Waals surface area contributed by atoms with Crippen molar-refractivity contribution in [2.45, 2.75) is 46.0 Å². The molecule has 1 aromatic carbocycles. The molecule has 1 fully saturated rings. The molecule has 3 heteroatoms. The number of carbonyl (C=O) groups is 1. The van der Waals surface area contributed by atoms with Crippen molar-refractivity contribution in [3.8, 4) is 0 Å². The first-order valence-corrected chi connectivity index (χ1v) is 7.76. The molecular weight excluding hydrogens is 248 g/mol. The van der Waals surface area contributed by atoms with Gasteiger partial charge in [-0.3, -0.25) is 0 Å². The smallest absolute Gasteiger partial charge is 0.321 e. The fraction of sp³-hybridized carbons (Fsp3) is 0.588. The van der Waals surface area contributed by atoms with E-state index in [0.29, 0.717) is 11.8 Å². The largest absolute Gasteiger partial charge is 0.324 e. The second kappa shape index (κ2) is 6.78. The highest BCUT2D eigenvalue weighted by Gasteiger charge is 2.20. The summed E-state index contributed by atoms with van der Waals surface area (Å²) in [6.07, 6.45) is 3.48. The molecule has 0 radical (unpaired) electrons. The number of urea groups is 1. The van der Waals surface area contributed by atoms with Crippen molar-refractivity contribution in [1.29, 1.82) is 0 Å². The number of hydrogen-bond acceptors (Lipinski definition) is 1. The first kappa shape index (κ1) is 14.9. The molecule has 20 heavy (non-hydrogen) atoms. The molecule has 0 saturated carbocycles. The van der Waals surface area contributed by atoms with Crippen LogP contribution in [0.1, 0.15) is 51.5 Å². The zero-order valence-corrected chi connectivity index (χ0v) is 12.9. The number of rotatable bonds is 3. The van der Waals surface area contributed by atoms with Gasteiger partial charge in [0.25, 0.3) is 0 Å². The number of likely N-dealkylation sites (tertiary alicyclic amines) is 1. The maximum atomic E-state index is 12.2. The molecule has 0 aromatic heterocycles. The number of carbonyl (C=O) groups excluding carboxylic acids is 1. The quantitative estimate of drug-likeness (QED) is 0.867. The molecule has 1 N–H and O–H groups in total. The molecular formula is C17H26N2O. The highest BCUT2D eigenvalue weighted by atomic mass is 16.2. The molecule has 110 valence electrons. The molecule has 0 bridgehead atoms. The van der Waals surface area contributed by atoms with Gasteiger partial charge in [-0.15, -0.1) is 0 Å². The van der Waals surface area contributed by atoms with Crippen molar-refractivity contribution in [2.24, 2.45) is 5.92 Å². The fourth-order valence-electron chi connectivity index (χ4n) is 2.71. The van der Waals surface area contributed by atoms with Crippen LogP contribution in [-0.4, -0.2) is 24.0 Å². The van der Waals surface area contributed by atoms with Crippen molar-refractivity contribution < 1.29 is 4.79 Å².